The van der Waals surface area contributed by atoms with Gasteiger partial charge in [-0.15, -0.1) is 11.3 Å². The van der Waals surface area contributed by atoms with E-state index < -0.39 is 0 Å². The van der Waals surface area contributed by atoms with E-state index in [-0.39, 0.29) is 11.9 Å². The average molecular weight is 368 g/mol. The smallest absolute Gasteiger partial charge is 0.258 e. The standard InChI is InChI=1S/C20H20N2O3S/c1-24-16-10-5-7-13(18(16)25-2)20(23)22-12-6-9-15(22)19-21-14-8-3-4-11-17(14)26-19/h3-5,7-8,10-11,15H,6,9,12H2,1-2H3. The molecule has 26 heavy (non-hydrogen) atoms. The highest BCUT2D eigenvalue weighted by Gasteiger charge is 2.34. The molecule has 2 aromatic carbocycles. The topological polar surface area (TPSA) is 51.7 Å². The SMILES string of the molecule is COc1cccc(C(=O)N2CCCC2c2nc3ccccc3s2)c1OC. The summed E-state index contributed by atoms with van der Waals surface area (Å²) in [5, 5.41) is 0.999. The number of carbonyl (C=O) groups excluding carboxylic acids is 1. The molecule has 1 fully saturated rings. The summed E-state index contributed by atoms with van der Waals surface area (Å²) in [7, 11) is 3.13. The lowest BCUT2D eigenvalue weighted by Gasteiger charge is -2.24. The molecule has 0 bridgehead atoms. The number of rotatable bonds is 4. The van der Waals surface area contributed by atoms with Gasteiger partial charge in [-0.3, -0.25) is 4.79 Å². The number of hydrogen-bond acceptors (Lipinski definition) is 5. The van der Waals surface area contributed by atoms with Crippen molar-refractivity contribution in [2.45, 2.75) is 18.9 Å². The maximum Gasteiger partial charge on any atom is 0.258 e. The van der Waals surface area contributed by atoms with E-state index in [1.165, 1.54) is 0 Å². The minimum Gasteiger partial charge on any atom is -0.493 e. The zero-order valence-corrected chi connectivity index (χ0v) is 15.6. The van der Waals surface area contributed by atoms with Crippen LogP contribution in [0.3, 0.4) is 0 Å². The van der Waals surface area contributed by atoms with Gasteiger partial charge in [0.15, 0.2) is 11.5 Å². The summed E-state index contributed by atoms with van der Waals surface area (Å²) in [5.41, 5.74) is 1.52. The lowest BCUT2D eigenvalue weighted by molar-refractivity contribution is 0.0731. The molecule has 1 aliphatic heterocycles. The van der Waals surface area contributed by atoms with E-state index in [1.54, 1.807) is 37.7 Å². The van der Waals surface area contributed by atoms with Crippen LogP contribution in [0.4, 0.5) is 0 Å². The highest BCUT2D eigenvalue weighted by Crippen LogP contribution is 2.39. The maximum absolute atomic E-state index is 13.3. The van der Waals surface area contributed by atoms with E-state index in [0.29, 0.717) is 17.1 Å². The Morgan fingerprint density at radius 1 is 1.15 bits per heavy atom. The lowest BCUT2D eigenvalue weighted by atomic mass is 10.1. The van der Waals surface area contributed by atoms with Gasteiger partial charge in [0.1, 0.15) is 5.01 Å². The van der Waals surface area contributed by atoms with Crippen molar-refractivity contribution in [2.24, 2.45) is 0 Å². The van der Waals surface area contributed by atoms with Gasteiger partial charge in [0, 0.05) is 6.54 Å². The van der Waals surface area contributed by atoms with Crippen LogP contribution in [0.5, 0.6) is 11.5 Å². The first-order valence-electron chi connectivity index (χ1n) is 8.60. The van der Waals surface area contributed by atoms with Gasteiger partial charge in [0.25, 0.3) is 5.91 Å². The van der Waals surface area contributed by atoms with Gasteiger partial charge in [-0.25, -0.2) is 4.98 Å². The van der Waals surface area contributed by atoms with Crippen LogP contribution in [0.15, 0.2) is 42.5 Å². The molecule has 3 aromatic rings. The number of benzene rings is 2. The Kier molecular flexibility index (Phi) is 4.51. The third kappa shape index (κ3) is 2.80. The van der Waals surface area contributed by atoms with E-state index in [1.807, 2.05) is 29.2 Å². The molecule has 1 amide bonds. The van der Waals surface area contributed by atoms with Crippen LogP contribution in [0, 0.1) is 0 Å². The fraction of sp³-hybridized carbons (Fsp3) is 0.300. The Bertz CT molecular complexity index is 920. The molecular weight excluding hydrogens is 348 g/mol. The van der Waals surface area contributed by atoms with Crippen LogP contribution >= 0.6 is 11.3 Å². The number of carbonyl (C=O) groups is 1. The van der Waals surface area contributed by atoms with Crippen molar-refractivity contribution >= 4 is 27.5 Å². The minimum absolute atomic E-state index is 0.0100. The highest BCUT2D eigenvalue weighted by molar-refractivity contribution is 7.18. The van der Waals surface area contributed by atoms with Crippen molar-refractivity contribution < 1.29 is 14.3 Å². The second-order valence-electron chi connectivity index (χ2n) is 6.22. The van der Waals surface area contributed by atoms with Crippen molar-refractivity contribution in [1.82, 2.24) is 9.88 Å². The van der Waals surface area contributed by atoms with Crippen LogP contribution in [-0.2, 0) is 0 Å². The number of hydrogen-bond donors (Lipinski definition) is 0. The molecule has 1 aliphatic rings. The van der Waals surface area contributed by atoms with Gasteiger partial charge in [0.2, 0.25) is 0 Å². The molecule has 4 rings (SSSR count). The molecule has 6 heteroatoms. The van der Waals surface area contributed by atoms with E-state index in [0.717, 1.165) is 34.6 Å². The summed E-state index contributed by atoms with van der Waals surface area (Å²) >= 11 is 1.67. The Hall–Kier alpha value is -2.60. The molecule has 1 unspecified atom stereocenters. The number of amides is 1. The number of nitrogens with zero attached hydrogens (tertiary/aromatic N) is 2. The van der Waals surface area contributed by atoms with Crippen molar-refractivity contribution in [2.75, 3.05) is 20.8 Å². The third-order valence-electron chi connectivity index (χ3n) is 4.74. The maximum atomic E-state index is 13.3. The average Bonchev–Trinajstić information content (AvgIpc) is 3.32. The number of thiazole rings is 1. The van der Waals surface area contributed by atoms with Crippen LogP contribution in [0.25, 0.3) is 10.2 Å². The minimum atomic E-state index is -0.0393. The van der Waals surface area contributed by atoms with E-state index in [9.17, 15) is 4.79 Å². The normalized spacial score (nSPS) is 16.8. The second-order valence-corrected chi connectivity index (χ2v) is 7.28. The molecule has 1 aromatic heterocycles. The van der Waals surface area contributed by atoms with E-state index >= 15 is 0 Å². The molecule has 0 spiro atoms. The van der Waals surface area contributed by atoms with Crippen LogP contribution in [0.1, 0.15) is 34.2 Å². The van der Waals surface area contributed by atoms with Crippen molar-refractivity contribution in [3.05, 3.63) is 53.0 Å². The Morgan fingerprint density at radius 2 is 2.00 bits per heavy atom. The zero-order chi connectivity index (χ0) is 18.1. The summed E-state index contributed by atoms with van der Waals surface area (Å²) in [4.78, 5) is 19.9. The van der Waals surface area contributed by atoms with Crippen LogP contribution in [-0.4, -0.2) is 36.6 Å². The summed E-state index contributed by atoms with van der Waals surface area (Å²) in [5.74, 6) is 1.01. The van der Waals surface area contributed by atoms with Gasteiger partial charge >= 0.3 is 0 Å². The lowest BCUT2D eigenvalue weighted by Crippen LogP contribution is -2.30. The third-order valence-corrected chi connectivity index (χ3v) is 5.88. The molecule has 5 nitrogen and oxygen atoms in total. The predicted octanol–water partition coefficient (Wildman–Crippen LogP) is 4.29. The number of methoxy groups -OCH3 is 2. The van der Waals surface area contributed by atoms with Gasteiger partial charge in [-0.1, -0.05) is 18.2 Å². The molecule has 2 heterocycles. The summed E-state index contributed by atoms with van der Waals surface area (Å²) in [6.45, 7) is 0.722. The number of para-hydroxylation sites is 2. The van der Waals surface area contributed by atoms with Crippen molar-refractivity contribution in [3.63, 3.8) is 0 Å². The molecule has 0 radical (unpaired) electrons. The van der Waals surface area contributed by atoms with Gasteiger partial charge in [-0.2, -0.15) is 0 Å². The number of likely N-dealkylation sites (tertiary alicyclic amines) is 1. The predicted molar refractivity (Wildman–Crippen MR) is 102 cm³/mol. The summed E-state index contributed by atoms with van der Waals surface area (Å²) < 4.78 is 11.9. The van der Waals surface area contributed by atoms with Gasteiger partial charge < -0.3 is 14.4 Å². The van der Waals surface area contributed by atoms with E-state index in [2.05, 4.69) is 6.07 Å². The zero-order valence-electron chi connectivity index (χ0n) is 14.8. The molecule has 0 aliphatic carbocycles. The highest BCUT2D eigenvalue weighted by atomic mass is 32.1. The molecule has 1 atom stereocenters. The Labute approximate surface area is 156 Å². The summed E-state index contributed by atoms with van der Waals surface area (Å²) in [6.07, 6.45) is 1.90. The second kappa shape index (κ2) is 6.96. The molecular formula is C20H20N2O3S. The molecule has 0 N–H and O–H groups in total. The fourth-order valence-corrected chi connectivity index (χ4v) is 4.62. The fourth-order valence-electron chi connectivity index (χ4n) is 3.51. The quantitative estimate of drug-likeness (QED) is 0.689. The first-order chi connectivity index (χ1) is 12.7. The monoisotopic (exact) mass is 368 g/mol. The van der Waals surface area contributed by atoms with E-state index in [4.69, 9.17) is 14.5 Å². The Balaban J connectivity index is 1.69. The van der Waals surface area contributed by atoms with Crippen molar-refractivity contribution in [1.29, 1.82) is 0 Å². The molecule has 0 saturated carbocycles. The van der Waals surface area contributed by atoms with Gasteiger partial charge in [-0.05, 0) is 37.1 Å². The van der Waals surface area contributed by atoms with Crippen molar-refractivity contribution in [3.8, 4) is 11.5 Å². The number of ether oxygens (including phenoxy) is 2. The largest absolute Gasteiger partial charge is 0.493 e. The molecule has 1 saturated heterocycles. The first-order valence-corrected chi connectivity index (χ1v) is 9.42. The van der Waals surface area contributed by atoms with Gasteiger partial charge in [0.05, 0.1) is 36.0 Å². The summed E-state index contributed by atoms with van der Waals surface area (Å²) in [6, 6.07) is 13.5. The Morgan fingerprint density at radius 3 is 2.77 bits per heavy atom. The first kappa shape index (κ1) is 16.8. The molecule has 134 valence electrons. The van der Waals surface area contributed by atoms with Crippen LogP contribution < -0.4 is 9.47 Å². The van der Waals surface area contributed by atoms with Crippen LogP contribution in [0.2, 0.25) is 0 Å². The number of aromatic nitrogens is 1. The number of fused-ring (bicyclic) bond motifs is 1.